The van der Waals surface area contributed by atoms with Crippen LogP contribution >= 0.6 is 11.3 Å². The van der Waals surface area contributed by atoms with Gasteiger partial charge < -0.3 is 10.5 Å². The topological polar surface area (TPSA) is 52.3 Å². The largest absolute Gasteiger partial charge is 0.465 e. The molecule has 106 valence electrons. The van der Waals surface area contributed by atoms with Crippen LogP contribution in [-0.2, 0) is 4.74 Å². The van der Waals surface area contributed by atoms with Gasteiger partial charge in [0.2, 0.25) is 0 Å². The van der Waals surface area contributed by atoms with Crippen LogP contribution in [0.1, 0.15) is 40.6 Å². The third-order valence-electron chi connectivity index (χ3n) is 3.25. The van der Waals surface area contributed by atoms with Crippen molar-refractivity contribution >= 4 is 23.0 Å². The number of rotatable bonds is 3. The average molecular weight is 289 g/mol. The van der Waals surface area contributed by atoms with Crippen LogP contribution in [-0.4, -0.2) is 13.1 Å². The Hall–Kier alpha value is -1.81. The Balaban J connectivity index is 2.62. The van der Waals surface area contributed by atoms with Gasteiger partial charge in [0.25, 0.3) is 0 Å². The Labute approximate surface area is 123 Å². The molecule has 0 bridgehead atoms. The maximum Gasteiger partial charge on any atom is 0.350 e. The van der Waals surface area contributed by atoms with Crippen molar-refractivity contribution in [2.24, 2.45) is 0 Å². The van der Waals surface area contributed by atoms with E-state index < -0.39 is 0 Å². The molecule has 1 heterocycles. The molecular weight excluding hydrogens is 270 g/mol. The molecule has 1 aromatic heterocycles. The molecule has 0 spiro atoms. The molecule has 0 saturated carbocycles. The van der Waals surface area contributed by atoms with Crippen LogP contribution in [0.15, 0.2) is 24.3 Å². The van der Waals surface area contributed by atoms with Gasteiger partial charge in [-0.3, -0.25) is 0 Å². The molecule has 2 rings (SSSR count). The van der Waals surface area contributed by atoms with E-state index in [4.69, 9.17) is 10.5 Å². The Kier molecular flexibility index (Phi) is 4.14. The third kappa shape index (κ3) is 2.56. The second kappa shape index (κ2) is 5.67. The fourth-order valence-electron chi connectivity index (χ4n) is 2.19. The van der Waals surface area contributed by atoms with Gasteiger partial charge in [0.1, 0.15) is 4.88 Å². The molecule has 4 heteroatoms. The normalized spacial score (nSPS) is 10.8. The summed E-state index contributed by atoms with van der Waals surface area (Å²) in [7, 11) is 1.38. The molecular formula is C16H19NO2S. The summed E-state index contributed by atoms with van der Waals surface area (Å²) in [6.45, 7) is 6.21. The van der Waals surface area contributed by atoms with Gasteiger partial charge in [0, 0.05) is 4.88 Å². The number of carbonyl (C=O) groups excluding carboxylic acids is 1. The highest BCUT2D eigenvalue weighted by molar-refractivity contribution is 7.18. The predicted octanol–water partition coefficient (Wildman–Crippen LogP) is 4.22. The van der Waals surface area contributed by atoms with Gasteiger partial charge in [-0.25, -0.2) is 4.79 Å². The Morgan fingerprint density at radius 3 is 2.35 bits per heavy atom. The van der Waals surface area contributed by atoms with Gasteiger partial charge in [-0.15, -0.1) is 11.3 Å². The van der Waals surface area contributed by atoms with E-state index in [-0.39, 0.29) is 11.9 Å². The number of carbonyl (C=O) groups is 1. The molecule has 20 heavy (non-hydrogen) atoms. The standard InChI is InChI=1S/C16H19NO2S/c1-9(2)12-13(17)15(16(18)19-4)20-14(12)11-7-5-10(3)6-8-11/h5-9H,17H2,1-4H3. The number of ether oxygens (including phenoxy) is 1. The van der Waals surface area contributed by atoms with Crippen LogP contribution in [0.3, 0.4) is 0 Å². The maximum atomic E-state index is 11.8. The second-order valence-electron chi connectivity index (χ2n) is 5.10. The zero-order chi connectivity index (χ0) is 14.9. The smallest absolute Gasteiger partial charge is 0.350 e. The molecule has 0 radical (unpaired) electrons. The van der Waals surface area contributed by atoms with E-state index in [1.54, 1.807) is 0 Å². The summed E-state index contributed by atoms with van der Waals surface area (Å²) in [5.74, 6) is -0.117. The third-order valence-corrected chi connectivity index (χ3v) is 4.50. The van der Waals surface area contributed by atoms with E-state index in [2.05, 4.69) is 45.0 Å². The average Bonchev–Trinajstić information content (AvgIpc) is 2.76. The number of nitrogen functional groups attached to an aromatic ring is 1. The van der Waals surface area contributed by atoms with Crippen LogP contribution in [0.5, 0.6) is 0 Å². The summed E-state index contributed by atoms with van der Waals surface area (Å²) in [6.07, 6.45) is 0. The first-order valence-electron chi connectivity index (χ1n) is 6.53. The number of hydrogen-bond acceptors (Lipinski definition) is 4. The summed E-state index contributed by atoms with van der Waals surface area (Å²) >= 11 is 1.41. The molecule has 0 atom stereocenters. The van der Waals surface area contributed by atoms with Gasteiger partial charge in [-0.05, 0) is 24.0 Å². The lowest BCUT2D eigenvalue weighted by molar-refractivity contribution is 0.0607. The fraction of sp³-hybridized carbons (Fsp3) is 0.312. The van der Waals surface area contributed by atoms with E-state index in [1.165, 1.54) is 24.0 Å². The highest BCUT2D eigenvalue weighted by Crippen LogP contribution is 2.42. The Morgan fingerprint density at radius 2 is 1.85 bits per heavy atom. The van der Waals surface area contributed by atoms with Crippen molar-refractivity contribution in [1.29, 1.82) is 0 Å². The van der Waals surface area contributed by atoms with Crippen molar-refractivity contribution in [2.45, 2.75) is 26.7 Å². The highest BCUT2D eigenvalue weighted by Gasteiger charge is 2.23. The lowest BCUT2D eigenvalue weighted by Gasteiger charge is -2.09. The van der Waals surface area contributed by atoms with E-state index in [9.17, 15) is 4.79 Å². The van der Waals surface area contributed by atoms with E-state index in [1.807, 2.05) is 0 Å². The summed E-state index contributed by atoms with van der Waals surface area (Å²) < 4.78 is 4.81. The minimum atomic E-state index is -0.368. The monoisotopic (exact) mass is 289 g/mol. The predicted molar refractivity (Wildman–Crippen MR) is 84.3 cm³/mol. The number of thiophene rings is 1. The lowest BCUT2D eigenvalue weighted by atomic mass is 9.98. The van der Waals surface area contributed by atoms with Gasteiger partial charge in [-0.2, -0.15) is 0 Å². The molecule has 2 N–H and O–H groups in total. The number of nitrogens with two attached hydrogens (primary N) is 1. The van der Waals surface area contributed by atoms with Gasteiger partial charge in [0.05, 0.1) is 12.8 Å². The molecule has 0 unspecified atom stereocenters. The van der Waals surface area contributed by atoms with Crippen molar-refractivity contribution in [2.75, 3.05) is 12.8 Å². The Morgan fingerprint density at radius 1 is 1.25 bits per heavy atom. The first-order valence-corrected chi connectivity index (χ1v) is 7.34. The second-order valence-corrected chi connectivity index (χ2v) is 6.12. The first-order chi connectivity index (χ1) is 9.45. The Bertz CT molecular complexity index is 627. The van der Waals surface area contributed by atoms with Crippen molar-refractivity contribution in [3.05, 3.63) is 40.3 Å². The van der Waals surface area contributed by atoms with Crippen LogP contribution in [0.25, 0.3) is 10.4 Å². The summed E-state index contributed by atoms with van der Waals surface area (Å²) in [5.41, 5.74) is 10.0. The maximum absolute atomic E-state index is 11.8. The van der Waals surface area contributed by atoms with Crippen LogP contribution in [0, 0.1) is 6.92 Å². The molecule has 0 saturated heterocycles. The summed E-state index contributed by atoms with van der Waals surface area (Å²) in [4.78, 5) is 13.4. The van der Waals surface area contributed by atoms with Crippen LogP contribution in [0.2, 0.25) is 0 Å². The SMILES string of the molecule is COC(=O)c1sc(-c2ccc(C)cc2)c(C(C)C)c1N. The molecule has 0 amide bonds. The van der Waals surface area contributed by atoms with Crippen LogP contribution in [0.4, 0.5) is 5.69 Å². The van der Waals surface area contributed by atoms with E-state index in [0.717, 1.165) is 16.0 Å². The van der Waals surface area contributed by atoms with E-state index >= 15 is 0 Å². The summed E-state index contributed by atoms with van der Waals surface area (Å²) in [5, 5.41) is 0. The molecule has 0 aliphatic rings. The van der Waals surface area contributed by atoms with E-state index in [0.29, 0.717) is 10.6 Å². The van der Waals surface area contributed by atoms with Gasteiger partial charge in [0.15, 0.2) is 0 Å². The minimum Gasteiger partial charge on any atom is -0.465 e. The highest BCUT2D eigenvalue weighted by atomic mass is 32.1. The van der Waals surface area contributed by atoms with Crippen molar-refractivity contribution in [3.8, 4) is 10.4 Å². The molecule has 0 aliphatic carbocycles. The van der Waals surface area contributed by atoms with Gasteiger partial charge >= 0.3 is 5.97 Å². The summed E-state index contributed by atoms with van der Waals surface area (Å²) in [6, 6.07) is 8.25. The quantitative estimate of drug-likeness (QED) is 0.861. The minimum absolute atomic E-state index is 0.251. The van der Waals surface area contributed by atoms with Gasteiger partial charge in [-0.1, -0.05) is 43.7 Å². The first kappa shape index (κ1) is 14.6. The number of esters is 1. The molecule has 2 aromatic rings. The lowest BCUT2D eigenvalue weighted by Crippen LogP contribution is -2.03. The number of methoxy groups -OCH3 is 1. The number of anilines is 1. The van der Waals surface area contributed by atoms with Crippen molar-refractivity contribution in [3.63, 3.8) is 0 Å². The van der Waals surface area contributed by atoms with Crippen molar-refractivity contribution < 1.29 is 9.53 Å². The number of benzene rings is 1. The van der Waals surface area contributed by atoms with Crippen LogP contribution < -0.4 is 5.73 Å². The molecule has 3 nitrogen and oxygen atoms in total. The molecule has 0 aliphatic heterocycles. The van der Waals surface area contributed by atoms with Crippen molar-refractivity contribution in [1.82, 2.24) is 0 Å². The zero-order valence-corrected chi connectivity index (χ0v) is 13.0. The molecule has 0 fully saturated rings. The number of aryl methyl sites for hydroxylation is 1. The fourth-order valence-corrected chi connectivity index (χ4v) is 3.49. The number of hydrogen-bond donors (Lipinski definition) is 1. The zero-order valence-electron chi connectivity index (χ0n) is 12.2. The molecule has 1 aromatic carbocycles.